The molecule has 0 bridgehead atoms. The fourth-order valence-corrected chi connectivity index (χ4v) is 2.50. The fraction of sp³-hybridized carbons (Fsp3) is 0.786. The SMILES string of the molecule is Cn1cc(C(O)CNC2CC(C(C)(C)C)C2)cn1. The van der Waals surface area contributed by atoms with Crippen molar-refractivity contribution in [2.24, 2.45) is 18.4 Å². The number of aliphatic hydroxyl groups excluding tert-OH is 1. The van der Waals surface area contributed by atoms with Gasteiger partial charge in [0.2, 0.25) is 0 Å². The van der Waals surface area contributed by atoms with E-state index >= 15 is 0 Å². The molecule has 102 valence electrons. The zero-order valence-electron chi connectivity index (χ0n) is 11.8. The van der Waals surface area contributed by atoms with Crippen molar-refractivity contribution in [1.29, 1.82) is 0 Å². The highest BCUT2D eigenvalue weighted by Gasteiger charge is 2.36. The van der Waals surface area contributed by atoms with E-state index in [2.05, 4.69) is 31.2 Å². The summed E-state index contributed by atoms with van der Waals surface area (Å²) in [5.41, 5.74) is 1.30. The van der Waals surface area contributed by atoms with Gasteiger partial charge in [0.1, 0.15) is 0 Å². The van der Waals surface area contributed by atoms with Crippen molar-refractivity contribution in [3.8, 4) is 0 Å². The standard InChI is InChI=1S/C14H25N3O/c1-14(2,3)11-5-12(6-11)15-8-13(18)10-7-16-17(4)9-10/h7,9,11-13,15,18H,5-6,8H2,1-4H3. The van der Waals surface area contributed by atoms with E-state index in [0.717, 1.165) is 11.5 Å². The lowest BCUT2D eigenvalue weighted by Crippen LogP contribution is -2.46. The third kappa shape index (κ3) is 3.12. The molecule has 2 N–H and O–H groups in total. The van der Waals surface area contributed by atoms with Gasteiger partial charge in [-0.25, -0.2) is 0 Å². The lowest BCUT2D eigenvalue weighted by molar-refractivity contribution is 0.0854. The molecule has 1 aromatic rings. The maximum absolute atomic E-state index is 10.0. The minimum Gasteiger partial charge on any atom is -0.387 e. The van der Waals surface area contributed by atoms with Crippen molar-refractivity contribution < 1.29 is 5.11 Å². The molecule has 0 radical (unpaired) electrons. The van der Waals surface area contributed by atoms with E-state index in [1.165, 1.54) is 12.8 Å². The summed E-state index contributed by atoms with van der Waals surface area (Å²) in [6.45, 7) is 7.53. The van der Waals surface area contributed by atoms with E-state index in [4.69, 9.17) is 0 Å². The van der Waals surface area contributed by atoms with Gasteiger partial charge < -0.3 is 10.4 Å². The molecule has 0 spiro atoms. The van der Waals surface area contributed by atoms with Gasteiger partial charge in [-0.05, 0) is 24.2 Å². The molecule has 1 aliphatic carbocycles. The third-order valence-corrected chi connectivity index (χ3v) is 4.07. The van der Waals surface area contributed by atoms with Gasteiger partial charge in [-0.2, -0.15) is 5.10 Å². The summed E-state index contributed by atoms with van der Waals surface area (Å²) in [6.07, 6.45) is 5.59. The van der Waals surface area contributed by atoms with E-state index in [-0.39, 0.29) is 0 Å². The molecule has 1 fully saturated rings. The van der Waals surface area contributed by atoms with Crippen LogP contribution in [0.1, 0.15) is 45.3 Å². The summed E-state index contributed by atoms with van der Waals surface area (Å²) in [5, 5.41) is 17.5. The lowest BCUT2D eigenvalue weighted by atomic mass is 9.66. The number of rotatable bonds is 4. The second-order valence-electron chi connectivity index (χ2n) is 6.60. The number of nitrogens with zero attached hydrogens (tertiary/aromatic N) is 2. The molecule has 1 saturated carbocycles. The topological polar surface area (TPSA) is 50.1 Å². The van der Waals surface area contributed by atoms with Crippen molar-refractivity contribution in [1.82, 2.24) is 15.1 Å². The van der Waals surface area contributed by atoms with Crippen LogP contribution in [-0.2, 0) is 7.05 Å². The summed E-state index contributed by atoms with van der Waals surface area (Å²) < 4.78 is 1.72. The third-order valence-electron chi connectivity index (χ3n) is 4.07. The Bertz CT molecular complexity index is 388. The monoisotopic (exact) mass is 251 g/mol. The molecule has 0 aliphatic heterocycles. The average molecular weight is 251 g/mol. The normalized spacial score (nSPS) is 25.8. The van der Waals surface area contributed by atoms with E-state index in [0.29, 0.717) is 18.0 Å². The highest BCUT2D eigenvalue weighted by atomic mass is 16.3. The lowest BCUT2D eigenvalue weighted by Gasteiger charge is -2.44. The highest BCUT2D eigenvalue weighted by molar-refractivity contribution is 5.08. The van der Waals surface area contributed by atoms with E-state index < -0.39 is 6.10 Å². The molecule has 1 aromatic heterocycles. The number of hydrogen-bond donors (Lipinski definition) is 2. The summed E-state index contributed by atoms with van der Waals surface area (Å²) in [4.78, 5) is 0. The summed E-state index contributed by atoms with van der Waals surface area (Å²) in [6, 6.07) is 0.570. The molecule has 2 rings (SSSR count). The Morgan fingerprint density at radius 2 is 2.17 bits per heavy atom. The van der Waals surface area contributed by atoms with E-state index in [9.17, 15) is 5.11 Å². The first-order valence-electron chi connectivity index (χ1n) is 6.76. The van der Waals surface area contributed by atoms with Crippen LogP contribution >= 0.6 is 0 Å². The van der Waals surface area contributed by atoms with Crippen LogP contribution < -0.4 is 5.32 Å². The van der Waals surface area contributed by atoms with Gasteiger partial charge in [0.25, 0.3) is 0 Å². The number of aliphatic hydroxyl groups is 1. The summed E-state index contributed by atoms with van der Waals surface area (Å²) in [5.74, 6) is 0.811. The first kappa shape index (κ1) is 13.6. The van der Waals surface area contributed by atoms with Crippen LogP contribution in [0.4, 0.5) is 0 Å². The largest absolute Gasteiger partial charge is 0.387 e. The minimum atomic E-state index is -0.451. The predicted molar refractivity (Wildman–Crippen MR) is 72.1 cm³/mol. The number of aryl methyl sites for hydroxylation is 1. The molecular weight excluding hydrogens is 226 g/mol. The van der Waals surface area contributed by atoms with E-state index in [1.807, 2.05) is 13.2 Å². The Hall–Kier alpha value is -0.870. The van der Waals surface area contributed by atoms with E-state index in [1.54, 1.807) is 10.9 Å². The first-order chi connectivity index (χ1) is 8.36. The van der Waals surface area contributed by atoms with Crippen molar-refractivity contribution in [2.45, 2.75) is 45.8 Å². The second-order valence-corrected chi connectivity index (χ2v) is 6.60. The molecule has 18 heavy (non-hydrogen) atoms. The zero-order chi connectivity index (χ0) is 13.3. The number of aromatic nitrogens is 2. The average Bonchev–Trinajstić information content (AvgIpc) is 2.60. The minimum absolute atomic E-state index is 0.417. The van der Waals surface area contributed by atoms with Crippen molar-refractivity contribution in [2.75, 3.05) is 6.54 Å². The maximum atomic E-state index is 10.0. The maximum Gasteiger partial charge on any atom is 0.0944 e. The quantitative estimate of drug-likeness (QED) is 0.859. The first-order valence-corrected chi connectivity index (χ1v) is 6.76. The van der Waals surface area contributed by atoms with Gasteiger partial charge in [-0.15, -0.1) is 0 Å². The van der Waals surface area contributed by atoms with Gasteiger partial charge in [0, 0.05) is 31.4 Å². The van der Waals surface area contributed by atoms with Gasteiger partial charge in [0.15, 0.2) is 0 Å². The van der Waals surface area contributed by atoms with Crippen LogP contribution in [0.2, 0.25) is 0 Å². The molecule has 0 aromatic carbocycles. The van der Waals surface area contributed by atoms with Gasteiger partial charge in [-0.1, -0.05) is 20.8 Å². The summed E-state index contributed by atoms with van der Waals surface area (Å²) >= 11 is 0. The van der Waals surface area contributed by atoms with Crippen LogP contribution in [-0.4, -0.2) is 27.5 Å². The Labute approximate surface area is 109 Å². The van der Waals surface area contributed by atoms with Crippen LogP contribution in [0.3, 0.4) is 0 Å². The van der Waals surface area contributed by atoms with Crippen LogP contribution in [0.15, 0.2) is 12.4 Å². The number of hydrogen-bond acceptors (Lipinski definition) is 3. The molecule has 4 nitrogen and oxygen atoms in total. The Balaban J connectivity index is 1.71. The van der Waals surface area contributed by atoms with Crippen molar-refractivity contribution >= 4 is 0 Å². The molecular formula is C14H25N3O. The van der Waals surface area contributed by atoms with Crippen molar-refractivity contribution in [3.05, 3.63) is 18.0 Å². The fourth-order valence-electron chi connectivity index (χ4n) is 2.50. The smallest absolute Gasteiger partial charge is 0.0944 e. The molecule has 1 heterocycles. The molecule has 4 heteroatoms. The molecule has 1 atom stereocenters. The Morgan fingerprint density at radius 1 is 1.50 bits per heavy atom. The molecule has 0 amide bonds. The molecule has 0 saturated heterocycles. The Kier molecular flexibility index (Phi) is 3.78. The van der Waals surface area contributed by atoms with Crippen LogP contribution in [0, 0.1) is 11.3 Å². The summed E-state index contributed by atoms with van der Waals surface area (Å²) in [7, 11) is 1.86. The second kappa shape index (κ2) is 5.02. The number of nitrogens with one attached hydrogen (secondary N) is 1. The Morgan fingerprint density at radius 3 is 2.67 bits per heavy atom. The van der Waals surface area contributed by atoms with Gasteiger partial charge >= 0.3 is 0 Å². The van der Waals surface area contributed by atoms with Gasteiger partial charge in [-0.3, -0.25) is 4.68 Å². The zero-order valence-corrected chi connectivity index (χ0v) is 11.8. The predicted octanol–water partition coefficient (Wildman–Crippen LogP) is 1.87. The van der Waals surface area contributed by atoms with Crippen LogP contribution in [0.25, 0.3) is 0 Å². The van der Waals surface area contributed by atoms with Crippen LogP contribution in [0.5, 0.6) is 0 Å². The molecule has 1 aliphatic rings. The highest BCUT2D eigenvalue weighted by Crippen LogP contribution is 2.41. The molecule has 1 unspecified atom stereocenters. The van der Waals surface area contributed by atoms with Crippen molar-refractivity contribution in [3.63, 3.8) is 0 Å². The van der Waals surface area contributed by atoms with Gasteiger partial charge in [0.05, 0.1) is 12.3 Å².